The Kier molecular flexibility index (Phi) is 5.98. The molecule has 1 amide bonds. The summed E-state index contributed by atoms with van der Waals surface area (Å²) in [6.07, 6.45) is 0. The van der Waals surface area contributed by atoms with Gasteiger partial charge in [-0.1, -0.05) is 60.7 Å². The molecule has 0 saturated heterocycles. The summed E-state index contributed by atoms with van der Waals surface area (Å²) < 4.78 is 0. The molecular formula is C15H12ClN2NaO2. The third kappa shape index (κ3) is 2.99. The van der Waals surface area contributed by atoms with Crippen LogP contribution in [0.5, 0.6) is 0 Å². The molecule has 0 aliphatic carbocycles. The molecule has 6 heteroatoms. The summed E-state index contributed by atoms with van der Waals surface area (Å²) in [5, 5.41) is 13.8. The molecule has 2 aromatic rings. The van der Waals surface area contributed by atoms with Crippen molar-refractivity contribution in [2.24, 2.45) is 4.99 Å². The van der Waals surface area contributed by atoms with Crippen LogP contribution in [-0.4, -0.2) is 11.9 Å². The Morgan fingerprint density at radius 1 is 0.905 bits per heavy atom. The molecule has 1 heterocycles. The van der Waals surface area contributed by atoms with Crippen LogP contribution in [0.2, 0.25) is 0 Å². The first-order valence-corrected chi connectivity index (χ1v) is 5.93. The first kappa shape index (κ1) is 17.7. The molecule has 0 spiro atoms. The van der Waals surface area contributed by atoms with Crippen LogP contribution in [0.15, 0.2) is 65.7 Å². The Morgan fingerprint density at radius 2 is 1.33 bits per heavy atom. The Bertz CT molecular complexity index is 608. The number of hydrogen-bond donors (Lipinski definition) is 1. The zero-order valence-corrected chi connectivity index (χ0v) is 14.3. The van der Waals surface area contributed by atoms with E-state index in [9.17, 15) is 9.90 Å². The minimum Gasteiger partial charge on any atom is -0.846 e. The summed E-state index contributed by atoms with van der Waals surface area (Å²) in [7, 11) is 0. The van der Waals surface area contributed by atoms with Gasteiger partial charge in [-0.3, -0.25) is 9.79 Å². The number of halogens is 1. The van der Waals surface area contributed by atoms with E-state index in [4.69, 9.17) is 0 Å². The summed E-state index contributed by atoms with van der Waals surface area (Å²) in [5.41, 5.74) is 0.105. The molecule has 3 rings (SSSR count). The van der Waals surface area contributed by atoms with Gasteiger partial charge in [0.25, 0.3) is 5.91 Å². The van der Waals surface area contributed by atoms with E-state index in [1.165, 1.54) is 0 Å². The van der Waals surface area contributed by atoms with Crippen LogP contribution >= 0.6 is 12.4 Å². The molecule has 21 heavy (non-hydrogen) atoms. The molecule has 4 nitrogen and oxygen atoms in total. The molecule has 102 valence electrons. The summed E-state index contributed by atoms with van der Waals surface area (Å²) in [4.78, 5) is 16.3. The van der Waals surface area contributed by atoms with Crippen molar-refractivity contribution in [1.82, 2.24) is 5.32 Å². The molecule has 0 saturated carbocycles. The van der Waals surface area contributed by atoms with E-state index in [1.807, 2.05) is 36.4 Å². The topological polar surface area (TPSA) is 64.5 Å². The molecule has 0 atom stereocenters. The number of carbonyl (C=O) groups excluding carboxylic acids is 1. The fraction of sp³-hybridized carbons (Fsp3) is 0.0667. The summed E-state index contributed by atoms with van der Waals surface area (Å²) in [5.74, 6) is -0.407. The van der Waals surface area contributed by atoms with Crippen molar-refractivity contribution >= 4 is 24.3 Å². The van der Waals surface area contributed by atoms with Crippen LogP contribution in [0.3, 0.4) is 0 Å². The van der Waals surface area contributed by atoms with Gasteiger partial charge in [0, 0.05) is 0 Å². The van der Waals surface area contributed by atoms with Crippen molar-refractivity contribution in [2.75, 3.05) is 0 Å². The predicted octanol–water partition coefficient (Wildman–Crippen LogP) is -1.80. The van der Waals surface area contributed by atoms with Crippen molar-refractivity contribution in [1.29, 1.82) is 0 Å². The van der Waals surface area contributed by atoms with E-state index in [1.54, 1.807) is 24.3 Å². The van der Waals surface area contributed by atoms with Crippen molar-refractivity contribution in [3.05, 3.63) is 71.8 Å². The minimum atomic E-state index is -1.26. The van der Waals surface area contributed by atoms with Gasteiger partial charge in [-0.05, 0) is 11.1 Å². The molecule has 1 aliphatic rings. The van der Waals surface area contributed by atoms with Crippen molar-refractivity contribution in [3.8, 4) is 0 Å². The molecule has 1 aliphatic heterocycles. The van der Waals surface area contributed by atoms with Crippen LogP contribution in [0.4, 0.5) is 0 Å². The third-order valence-corrected chi connectivity index (χ3v) is 3.20. The molecule has 0 radical (unpaired) electrons. The van der Waals surface area contributed by atoms with Gasteiger partial charge < -0.3 is 10.4 Å². The predicted molar refractivity (Wildman–Crippen MR) is 76.5 cm³/mol. The summed E-state index contributed by atoms with van der Waals surface area (Å²) >= 11 is 0. The number of rotatable bonds is 2. The van der Waals surface area contributed by atoms with Gasteiger partial charge in [0.2, 0.25) is 0 Å². The summed E-state index contributed by atoms with van der Waals surface area (Å²) in [6, 6.07) is 17.6. The summed E-state index contributed by atoms with van der Waals surface area (Å²) in [6.45, 7) is 0. The van der Waals surface area contributed by atoms with Gasteiger partial charge in [0.05, 0.1) is 6.02 Å². The molecule has 0 fully saturated rings. The zero-order valence-electron chi connectivity index (χ0n) is 11.4. The number of amides is 1. The number of amidine groups is 1. The largest absolute Gasteiger partial charge is 1.00 e. The molecular weight excluding hydrogens is 299 g/mol. The van der Waals surface area contributed by atoms with Crippen molar-refractivity contribution < 1.29 is 39.5 Å². The Hall–Kier alpha value is -1.33. The Labute approximate surface area is 151 Å². The number of benzene rings is 2. The maximum Gasteiger partial charge on any atom is 1.00 e. The van der Waals surface area contributed by atoms with Gasteiger partial charge >= 0.3 is 29.6 Å². The first-order valence-electron chi connectivity index (χ1n) is 5.93. The smallest absolute Gasteiger partial charge is 0.846 e. The van der Waals surface area contributed by atoms with E-state index in [-0.39, 0.29) is 42.0 Å². The second-order valence-corrected chi connectivity index (χ2v) is 4.31. The molecule has 0 aromatic heterocycles. The van der Waals surface area contributed by atoms with Crippen molar-refractivity contribution in [2.45, 2.75) is 5.54 Å². The maximum atomic E-state index is 12.3. The van der Waals surface area contributed by atoms with Crippen LogP contribution in [0.25, 0.3) is 0 Å². The number of aliphatic imine (C=N–C) groups is 1. The van der Waals surface area contributed by atoms with Crippen LogP contribution in [0, 0.1) is 0 Å². The van der Waals surface area contributed by atoms with E-state index >= 15 is 0 Å². The van der Waals surface area contributed by atoms with E-state index in [0.717, 1.165) is 0 Å². The maximum absolute atomic E-state index is 12.3. The normalized spacial score (nSPS) is 15.2. The monoisotopic (exact) mass is 310 g/mol. The van der Waals surface area contributed by atoms with Gasteiger partial charge in [-0.2, -0.15) is 0 Å². The first-order chi connectivity index (χ1) is 9.23. The average molecular weight is 311 g/mol. The molecule has 0 unspecified atom stereocenters. The zero-order chi connectivity index (χ0) is 13.3. The second-order valence-electron chi connectivity index (χ2n) is 4.31. The van der Waals surface area contributed by atoms with Gasteiger partial charge in [0.1, 0.15) is 0 Å². The molecule has 2 aromatic carbocycles. The number of nitrogens with one attached hydrogen (secondary N) is 1. The minimum absolute atomic E-state index is 0. The van der Waals surface area contributed by atoms with E-state index in [2.05, 4.69) is 10.3 Å². The quantitative estimate of drug-likeness (QED) is 0.666. The van der Waals surface area contributed by atoms with Gasteiger partial charge in [0.15, 0.2) is 5.54 Å². The number of carbonyl (C=O) groups is 1. The SMILES string of the molecule is Cl.O=C1NC([O-])=NC1(c1ccccc1)c1ccccc1.[Na+]. The fourth-order valence-electron chi connectivity index (χ4n) is 2.34. The molecule has 0 bridgehead atoms. The van der Waals surface area contributed by atoms with E-state index in [0.29, 0.717) is 11.1 Å². The van der Waals surface area contributed by atoms with Gasteiger partial charge in [-0.25, -0.2) is 0 Å². The van der Waals surface area contributed by atoms with Crippen LogP contribution < -0.4 is 40.0 Å². The van der Waals surface area contributed by atoms with Gasteiger partial charge in [-0.15, -0.1) is 12.4 Å². The van der Waals surface area contributed by atoms with Crippen LogP contribution in [-0.2, 0) is 10.3 Å². The van der Waals surface area contributed by atoms with Crippen molar-refractivity contribution in [3.63, 3.8) is 0 Å². The second kappa shape index (κ2) is 7.09. The standard InChI is InChI=1S/C15H12N2O2.ClH.Na/c18-13-15(17-14(19)16-13,11-7-3-1-4-8-11)12-9-5-2-6-10-12;;/h1-10H,(H2,16,17,18,19);1H;/q;;+1/p-1. The molecule has 1 N–H and O–H groups in total. The number of hydrogen-bond acceptors (Lipinski definition) is 3. The van der Waals surface area contributed by atoms with E-state index < -0.39 is 17.5 Å². The number of nitrogens with zero attached hydrogens (tertiary/aromatic N) is 1. The Balaban J connectivity index is 0.00000110. The fourth-order valence-corrected chi connectivity index (χ4v) is 2.34. The third-order valence-electron chi connectivity index (χ3n) is 3.20. The van der Waals surface area contributed by atoms with Crippen LogP contribution in [0.1, 0.15) is 11.1 Å². The average Bonchev–Trinajstić information content (AvgIpc) is 2.76. The Morgan fingerprint density at radius 3 is 1.67 bits per heavy atom.